The Morgan fingerprint density at radius 3 is 2.59 bits per heavy atom. The molecule has 0 amide bonds. The van der Waals surface area contributed by atoms with Crippen LogP contribution in [0.15, 0.2) is 35.9 Å². The predicted molar refractivity (Wildman–Crippen MR) is 130 cm³/mol. The van der Waals surface area contributed by atoms with Crippen LogP contribution >= 0.6 is 7.82 Å². The zero-order valence-electron chi connectivity index (χ0n) is 20.3. The summed E-state index contributed by atoms with van der Waals surface area (Å²) in [6.07, 6.45) is 6.90. The minimum absolute atomic E-state index is 0.0778. The number of phosphoric acid groups is 1. The number of hydrogen-bond donors (Lipinski definition) is 3. The van der Waals surface area contributed by atoms with Crippen LogP contribution in [-0.2, 0) is 20.2 Å². The fraction of sp³-hybridized carbons (Fsp3) is 0.560. The van der Waals surface area contributed by atoms with Gasteiger partial charge in [-0.05, 0) is 63.1 Å². The van der Waals surface area contributed by atoms with Crippen molar-refractivity contribution < 1.29 is 38.3 Å². The lowest BCUT2D eigenvalue weighted by molar-refractivity contribution is 0.0909. The zero-order valence-corrected chi connectivity index (χ0v) is 21.2. The highest BCUT2D eigenvalue weighted by molar-refractivity contribution is 7.46. The van der Waals surface area contributed by atoms with Crippen molar-refractivity contribution in [2.75, 3.05) is 13.2 Å². The van der Waals surface area contributed by atoms with Crippen molar-refractivity contribution in [2.24, 2.45) is 5.92 Å². The lowest BCUT2D eigenvalue weighted by Crippen LogP contribution is -2.20. The molecule has 8 nitrogen and oxygen atoms in total. The van der Waals surface area contributed by atoms with Gasteiger partial charge in [-0.3, -0.25) is 4.52 Å². The maximum atomic E-state index is 12.4. The van der Waals surface area contributed by atoms with Crippen molar-refractivity contribution in [3.05, 3.63) is 47.1 Å². The molecule has 1 aromatic rings. The summed E-state index contributed by atoms with van der Waals surface area (Å²) >= 11 is 0. The van der Waals surface area contributed by atoms with Gasteiger partial charge in [0.1, 0.15) is 11.5 Å². The van der Waals surface area contributed by atoms with Crippen LogP contribution in [0.25, 0.3) is 0 Å². The molecule has 2 atom stereocenters. The monoisotopic (exact) mass is 496 g/mol. The number of carbonyl (C=O) groups excluding carboxylic acids is 1. The molecule has 0 fully saturated rings. The Morgan fingerprint density at radius 1 is 1.21 bits per heavy atom. The predicted octanol–water partition coefficient (Wildman–Crippen LogP) is 6.16. The topological polar surface area (TPSA) is 123 Å². The number of aromatic hydroxyl groups is 1. The third kappa shape index (κ3) is 8.91. The number of aryl methyl sites for hydroxylation is 1. The number of carbonyl (C=O) groups is 1. The third-order valence-corrected chi connectivity index (χ3v) is 6.44. The zero-order chi connectivity index (χ0) is 25.3. The number of unbranched alkanes of at least 4 members (excludes halogenated alkanes) is 2. The van der Waals surface area contributed by atoms with E-state index in [2.05, 4.69) is 24.1 Å². The normalized spacial score (nSPS) is 18.3. The number of benzene rings is 1. The van der Waals surface area contributed by atoms with Crippen molar-refractivity contribution >= 4 is 14.0 Å². The van der Waals surface area contributed by atoms with E-state index in [0.29, 0.717) is 5.56 Å². The molecule has 0 unspecified atom stereocenters. The maximum Gasteiger partial charge on any atom is 0.513 e. The van der Waals surface area contributed by atoms with Crippen molar-refractivity contribution in [1.29, 1.82) is 0 Å². The number of phenols is 1. The number of phenolic OH excluding ortho intramolecular Hbond substituents is 1. The summed E-state index contributed by atoms with van der Waals surface area (Å²) in [5.74, 6) is 0.248. The molecule has 0 radical (unpaired) electrons. The number of allylic oxidation sites excluding steroid dienone is 3. The molecule has 1 aliphatic rings. The van der Waals surface area contributed by atoms with E-state index >= 15 is 0 Å². The van der Waals surface area contributed by atoms with E-state index in [9.17, 15) is 14.5 Å². The van der Waals surface area contributed by atoms with Gasteiger partial charge in [-0.1, -0.05) is 43.6 Å². The highest BCUT2D eigenvalue weighted by Crippen LogP contribution is 2.47. The largest absolute Gasteiger partial charge is 0.513 e. The molecule has 0 bridgehead atoms. The van der Waals surface area contributed by atoms with E-state index in [4.69, 9.17) is 19.3 Å². The number of phosphoric ester groups is 1. The van der Waals surface area contributed by atoms with Crippen LogP contribution in [0.5, 0.6) is 11.5 Å². The Morgan fingerprint density at radius 2 is 1.94 bits per heavy atom. The van der Waals surface area contributed by atoms with Crippen LogP contribution in [0.4, 0.5) is 4.79 Å². The average Bonchev–Trinajstić information content (AvgIpc) is 2.72. The summed E-state index contributed by atoms with van der Waals surface area (Å²) in [6.45, 7) is 9.87. The third-order valence-electron chi connectivity index (χ3n) is 5.92. The van der Waals surface area contributed by atoms with Gasteiger partial charge in [-0.2, -0.15) is 0 Å². The van der Waals surface area contributed by atoms with Crippen molar-refractivity contribution in [1.82, 2.24) is 0 Å². The van der Waals surface area contributed by atoms with E-state index in [1.165, 1.54) is 5.57 Å². The first kappa shape index (κ1) is 28.1. The van der Waals surface area contributed by atoms with Crippen LogP contribution < -0.4 is 4.74 Å². The van der Waals surface area contributed by atoms with Crippen molar-refractivity contribution in [3.63, 3.8) is 0 Å². The molecular formula is C25H37O8P. The van der Waals surface area contributed by atoms with E-state index in [0.717, 1.165) is 49.7 Å². The summed E-state index contributed by atoms with van der Waals surface area (Å²) in [5, 5.41) is 11.0. The summed E-state index contributed by atoms with van der Waals surface area (Å²) in [6, 6.07) is 3.53. The van der Waals surface area contributed by atoms with Gasteiger partial charge in [0.15, 0.2) is 0 Å². The standard InChI is InChI=1S/C25H37O8P/c1-5-6-7-9-19-15-22(26)24(21-14-18(4)10-11-20(21)17(2)3)23(16-19)33-25(27)31-12-8-13-32-34(28,29)30/h14-16,20-21,26H,2,5-13H2,1,3-4H3,(H2,28,29,30)/t20-,21+/m0/s1. The summed E-state index contributed by atoms with van der Waals surface area (Å²) < 4.78 is 25.7. The van der Waals surface area contributed by atoms with Crippen LogP contribution in [-0.4, -0.2) is 34.3 Å². The lowest BCUT2D eigenvalue weighted by atomic mass is 9.73. The molecule has 0 aromatic heterocycles. The van der Waals surface area contributed by atoms with Crippen LogP contribution in [0.3, 0.4) is 0 Å². The van der Waals surface area contributed by atoms with Crippen molar-refractivity contribution in [2.45, 2.75) is 71.6 Å². The molecule has 0 saturated heterocycles. The molecule has 0 heterocycles. The first-order valence-corrected chi connectivity index (χ1v) is 13.3. The number of hydrogen-bond acceptors (Lipinski definition) is 6. The molecular weight excluding hydrogens is 459 g/mol. The van der Waals surface area contributed by atoms with E-state index < -0.39 is 14.0 Å². The van der Waals surface area contributed by atoms with Gasteiger partial charge < -0.3 is 24.4 Å². The highest BCUT2D eigenvalue weighted by atomic mass is 31.2. The first-order chi connectivity index (χ1) is 16.0. The molecule has 0 spiro atoms. The van der Waals surface area contributed by atoms with E-state index in [1.54, 1.807) is 12.1 Å². The Labute approximate surface area is 201 Å². The lowest BCUT2D eigenvalue weighted by Gasteiger charge is -2.32. The van der Waals surface area contributed by atoms with Gasteiger partial charge in [0.2, 0.25) is 0 Å². The summed E-state index contributed by atoms with van der Waals surface area (Å²) in [7, 11) is -4.56. The average molecular weight is 497 g/mol. The van der Waals surface area contributed by atoms with Crippen LogP contribution in [0.2, 0.25) is 0 Å². The molecule has 9 heteroatoms. The summed E-state index contributed by atoms with van der Waals surface area (Å²) in [5.41, 5.74) is 3.61. The highest BCUT2D eigenvalue weighted by Gasteiger charge is 2.31. The number of ether oxygens (including phenoxy) is 2. The second-order valence-electron chi connectivity index (χ2n) is 8.89. The van der Waals surface area contributed by atoms with Gasteiger partial charge >= 0.3 is 14.0 Å². The SMILES string of the molecule is C=C(C)[C@@H]1CCC(C)=C[C@H]1c1c(O)cc(CCCCC)cc1OC(=O)OCCCOP(=O)(O)O. The minimum Gasteiger partial charge on any atom is -0.507 e. The molecule has 1 aromatic carbocycles. The minimum atomic E-state index is -4.56. The smallest absolute Gasteiger partial charge is 0.507 e. The van der Waals surface area contributed by atoms with Crippen molar-refractivity contribution in [3.8, 4) is 11.5 Å². The van der Waals surface area contributed by atoms with Gasteiger partial charge in [0, 0.05) is 17.9 Å². The Hall–Kier alpha value is -2.12. The van der Waals surface area contributed by atoms with Gasteiger partial charge in [-0.25, -0.2) is 9.36 Å². The molecule has 3 N–H and O–H groups in total. The second-order valence-corrected chi connectivity index (χ2v) is 10.1. The van der Waals surface area contributed by atoms with Crippen LogP contribution in [0.1, 0.15) is 76.3 Å². The fourth-order valence-electron chi connectivity index (χ4n) is 4.23. The Balaban J connectivity index is 2.26. The Kier molecular flexibility index (Phi) is 10.8. The second kappa shape index (κ2) is 13.1. The molecule has 1 aliphatic carbocycles. The first-order valence-electron chi connectivity index (χ1n) is 11.7. The quantitative estimate of drug-likeness (QED) is 0.103. The van der Waals surface area contributed by atoms with Gasteiger partial charge in [-0.15, -0.1) is 0 Å². The molecule has 190 valence electrons. The maximum absolute atomic E-state index is 12.4. The van der Waals surface area contributed by atoms with E-state index in [1.807, 2.05) is 13.8 Å². The summed E-state index contributed by atoms with van der Waals surface area (Å²) in [4.78, 5) is 29.8. The molecule has 34 heavy (non-hydrogen) atoms. The number of rotatable bonds is 12. The molecule has 2 rings (SSSR count). The van der Waals surface area contributed by atoms with E-state index in [-0.39, 0.29) is 43.0 Å². The Bertz CT molecular complexity index is 933. The van der Waals surface area contributed by atoms with Crippen LogP contribution in [0, 0.1) is 5.92 Å². The fourth-order valence-corrected chi connectivity index (χ4v) is 4.60. The van der Waals surface area contributed by atoms with Gasteiger partial charge in [0.25, 0.3) is 0 Å². The molecule has 0 saturated carbocycles. The van der Waals surface area contributed by atoms with Gasteiger partial charge in [0.05, 0.1) is 13.2 Å². The molecule has 0 aliphatic heterocycles.